The normalized spacial score (nSPS) is 10.4. The minimum absolute atomic E-state index is 0.201. The molecule has 0 saturated carbocycles. The van der Waals surface area contributed by atoms with E-state index in [1.165, 1.54) is 23.9 Å². The van der Waals surface area contributed by atoms with Gasteiger partial charge in [-0.2, -0.15) is 0 Å². The van der Waals surface area contributed by atoms with Gasteiger partial charge in [-0.15, -0.1) is 11.8 Å². The molecule has 2 aromatic rings. The highest BCUT2D eigenvalue weighted by molar-refractivity contribution is 9.10. The largest absolute Gasteiger partial charge is 0.398 e. The first-order valence-corrected chi connectivity index (χ1v) is 7.97. The average Bonchev–Trinajstić information content (AvgIpc) is 2.44. The highest BCUT2D eigenvalue weighted by Crippen LogP contribution is 2.28. The van der Waals surface area contributed by atoms with Gasteiger partial charge in [-0.25, -0.2) is 4.39 Å². The third-order valence-corrected chi connectivity index (χ3v) is 4.37. The smallest absolute Gasteiger partial charge is 0.234 e. The number of aryl methyl sites for hydroxylation is 1. The Labute approximate surface area is 135 Å². The Morgan fingerprint density at radius 1 is 1.33 bits per heavy atom. The number of benzene rings is 2. The highest BCUT2D eigenvalue weighted by atomic mass is 79.9. The minimum Gasteiger partial charge on any atom is -0.398 e. The summed E-state index contributed by atoms with van der Waals surface area (Å²) in [5, 5.41) is 2.70. The molecule has 0 aliphatic heterocycles. The summed E-state index contributed by atoms with van der Waals surface area (Å²) in [4.78, 5) is 12.8. The molecule has 0 aliphatic rings. The van der Waals surface area contributed by atoms with Crippen LogP contribution < -0.4 is 11.1 Å². The summed E-state index contributed by atoms with van der Waals surface area (Å²) in [5.74, 6) is -0.371. The lowest BCUT2D eigenvalue weighted by molar-refractivity contribution is -0.113. The summed E-state index contributed by atoms with van der Waals surface area (Å²) in [6.45, 7) is 1.81. The van der Waals surface area contributed by atoms with Gasteiger partial charge < -0.3 is 11.1 Å². The molecule has 1 amide bonds. The van der Waals surface area contributed by atoms with Crippen LogP contribution in [0, 0.1) is 12.7 Å². The van der Waals surface area contributed by atoms with Gasteiger partial charge >= 0.3 is 0 Å². The van der Waals surface area contributed by atoms with Crippen LogP contribution in [-0.2, 0) is 4.79 Å². The summed E-state index contributed by atoms with van der Waals surface area (Å²) in [5.41, 5.74) is 7.78. The lowest BCUT2D eigenvalue weighted by Crippen LogP contribution is -2.15. The Bertz CT molecular complexity index is 679. The summed E-state index contributed by atoms with van der Waals surface area (Å²) >= 11 is 4.70. The van der Waals surface area contributed by atoms with Crippen LogP contribution >= 0.6 is 27.7 Å². The molecule has 0 bridgehead atoms. The zero-order valence-corrected chi connectivity index (χ0v) is 13.7. The number of halogens is 2. The monoisotopic (exact) mass is 368 g/mol. The number of carbonyl (C=O) groups is 1. The second kappa shape index (κ2) is 6.95. The summed E-state index contributed by atoms with van der Waals surface area (Å²) in [6.07, 6.45) is 0. The maximum absolute atomic E-state index is 13.2. The Morgan fingerprint density at radius 3 is 2.86 bits per heavy atom. The van der Waals surface area contributed by atoms with Gasteiger partial charge in [0.25, 0.3) is 0 Å². The molecule has 2 rings (SSSR count). The second-order valence-corrected chi connectivity index (χ2v) is 6.41. The fourth-order valence-corrected chi connectivity index (χ4v) is 3.01. The van der Waals surface area contributed by atoms with Crippen molar-refractivity contribution in [2.45, 2.75) is 11.8 Å². The van der Waals surface area contributed by atoms with Crippen LogP contribution in [0.3, 0.4) is 0 Å². The second-order valence-electron chi connectivity index (χ2n) is 4.48. The predicted octanol–water partition coefficient (Wildman–Crippen LogP) is 4.21. The van der Waals surface area contributed by atoms with E-state index < -0.39 is 0 Å². The number of rotatable bonds is 4. The van der Waals surface area contributed by atoms with Gasteiger partial charge in [-0.3, -0.25) is 4.79 Å². The lowest BCUT2D eigenvalue weighted by atomic mass is 10.2. The predicted molar refractivity (Wildman–Crippen MR) is 89.0 cm³/mol. The first-order chi connectivity index (χ1) is 9.95. The minimum atomic E-state index is -0.375. The first kappa shape index (κ1) is 15.9. The number of carbonyl (C=O) groups excluding carboxylic acids is 1. The van der Waals surface area contributed by atoms with E-state index in [1.54, 1.807) is 12.1 Å². The van der Waals surface area contributed by atoms with Crippen molar-refractivity contribution >= 4 is 45.0 Å². The Morgan fingerprint density at radius 2 is 2.10 bits per heavy atom. The SMILES string of the molecule is Cc1ccc(F)cc1NC(=O)CSc1cc(Br)ccc1N. The van der Waals surface area contributed by atoms with E-state index >= 15 is 0 Å². The van der Waals surface area contributed by atoms with Crippen LogP contribution in [-0.4, -0.2) is 11.7 Å². The molecule has 0 aromatic heterocycles. The van der Waals surface area contributed by atoms with E-state index in [2.05, 4.69) is 21.2 Å². The fraction of sp³-hybridized carbons (Fsp3) is 0.133. The molecule has 0 spiro atoms. The highest BCUT2D eigenvalue weighted by Gasteiger charge is 2.08. The van der Waals surface area contributed by atoms with Crippen molar-refractivity contribution in [2.75, 3.05) is 16.8 Å². The van der Waals surface area contributed by atoms with Gasteiger partial charge in [0.1, 0.15) is 5.82 Å². The van der Waals surface area contributed by atoms with Crippen LogP contribution in [0.2, 0.25) is 0 Å². The van der Waals surface area contributed by atoms with E-state index in [-0.39, 0.29) is 17.5 Å². The molecule has 3 nitrogen and oxygen atoms in total. The summed E-state index contributed by atoms with van der Waals surface area (Å²) in [6, 6.07) is 9.79. The Hall–Kier alpha value is -1.53. The molecule has 0 radical (unpaired) electrons. The summed E-state index contributed by atoms with van der Waals surface area (Å²) < 4.78 is 14.1. The molecular formula is C15H14BrFN2OS. The number of hydrogen-bond donors (Lipinski definition) is 2. The molecule has 0 fully saturated rings. The molecule has 21 heavy (non-hydrogen) atoms. The van der Waals surface area contributed by atoms with E-state index in [0.717, 1.165) is 14.9 Å². The topological polar surface area (TPSA) is 55.1 Å². The van der Waals surface area contributed by atoms with Crippen molar-refractivity contribution in [3.63, 3.8) is 0 Å². The van der Waals surface area contributed by atoms with Crippen molar-refractivity contribution in [1.82, 2.24) is 0 Å². The molecule has 2 aromatic carbocycles. The zero-order chi connectivity index (χ0) is 15.4. The first-order valence-electron chi connectivity index (χ1n) is 6.19. The fourth-order valence-electron chi connectivity index (χ4n) is 1.69. The number of thioether (sulfide) groups is 1. The van der Waals surface area contributed by atoms with Gasteiger partial charge in [-0.1, -0.05) is 22.0 Å². The molecule has 3 N–H and O–H groups in total. The maximum Gasteiger partial charge on any atom is 0.234 e. The van der Waals surface area contributed by atoms with Gasteiger partial charge in [0.2, 0.25) is 5.91 Å². The molecule has 0 saturated heterocycles. The van der Waals surface area contributed by atoms with E-state index in [9.17, 15) is 9.18 Å². The van der Waals surface area contributed by atoms with Crippen molar-refractivity contribution in [2.24, 2.45) is 0 Å². The van der Waals surface area contributed by atoms with Crippen molar-refractivity contribution < 1.29 is 9.18 Å². The van der Waals surface area contributed by atoms with Gasteiger partial charge in [0, 0.05) is 20.7 Å². The van der Waals surface area contributed by atoms with Crippen molar-refractivity contribution in [3.8, 4) is 0 Å². The van der Waals surface area contributed by atoms with E-state index in [4.69, 9.17) is 5.73 Å². The van der Waals surface area contributed by atoms with Gasteiger partial charge in [0.05, 0.1) is 5.75 Å². The Balaban J connectivity index is 1.99. The van der Waals surface area contributed by atoms with Gasteiger partial charge in [-0.05, 0) is 42.8 Å². The van der Waals surface area contributed by atoms with Crippen LogP contribution in [0.5, 0.6) is 0 Å². The van der Waals surface area contributed by atoms with Crippen LogP contribution in [0.25, 0.3) is 0 Å². The quantitative estimate of drug-likeness (QED) is 0.627. The molecule has 0 aliphatic carbocycles. The number of amides is 1. The molecule has 0 unspecified atom stereocenters. The third kappa shape index (κ3) is 4.47. The van der Waals surface area contributed by atoms with E-state index in [1.807, 2.05) is 19.1 Å². The number of hydrogen-bond acceptors (Lipinski definition) is 3. The number of anilines is 2. The van der Waals surface area contributed by atoms with Gasteiger partial charge in [0.15, 0.2) is 0 Å². The van der Waals surface area contributed by atoms with Crippen molar-refractivity contribution in [1.29, 1.82) is 0 Å². The zero-order valence-electron chi connectivity index (χ0n) is 11.3. The van der Waals surface area contributed by atoms with Crippen molar-refractivity contribution in [3.05, 3.63) is 52.3 Å². The number of nitrogen functional groups attached to an aromatic ring is 1. The number of nitrogens with one attached hydrogen (secondary N) is 1. The van der Waals surface area contributed by atoms with E-state index in [0.29, 0.717) is 11.4 Å². The molecular weight excluding hydrogens is 355 g/mol. The molecule has 0 atom stereocenters. The number of nitrogens with two attached hydrogens (primary N) is 1. The van der Waals surface area contributed by atoms with Crippen LogP contribution in [0.4, 0.5) is 15.8 Å². The third-order valence-electron chi connectivity index (χ3n) is 2.81. The Kier molecular flexibility index (Phi) is 5.25. The van der Waals surface area contributed by atoms with Crippen LogP contribution in [0.15, 0.2) is 45.8 Å². The summed E-state index contributed by atoms with van der Waals surface area (Å²) in [7, 11) is 0. The van der Waals surface area contributed by atoms with Crippen LogP contribution in [0.1, 0.15) is 5.56 Å². The lowest BCUT2D eigenvalue weighted by Gasteiger charge is -2.09. The standard InChI is InChI=1S/C15H14BrFN2OS/c1-9-2-4-11(17)7-13(9)19-15(20)8-21-14-6-10(16)3-5-12(14)18/h2-7H,8,18H2,1H3,(H,19,20). The maximum atomic E-state index is 13.2. The molecule has 0 heterocycles. The average molecular weight is 369 g/mol. The molecule has 6 heteroatoms. The molecule has 110 valence electrons.